The number of β-amino-alcohol motifs (C(OH)–C–C–N with tert-alkyl or cyclic N) is 1. The number of hydrogen-bond acceptors (Lipinski definition) is 8. The molecule has 4 aromatic rings. The standard InChI is InChI=1S/C32H40N8O5/c1-32(2,3)45-31(44)39(17-22-16-38-24(20-9-10-20)5-4-6-27(38)35-22)28-13-26(36-29-23(19-7-8-19)15-34-40(28)29)33-14-21-11-12-37(30(42)43)18-25(21)41/h4-6,13,15-16,19-21,25,41H,7-12,14,17-18H2,1-3H3,(H,33,36)(H,42,43)/t21-,25+/m1/s1. The molecule has 238 valence electrons. The monoisotopic (exact) mass is 616 g/mol. The van der Waals surface area contributed by atoms with E-state index < -0.39 is 23.9 Å². The Morgan fingerprint density at radius 3 is 2.58 bits per heavy atom. The molecule has 0 bridgehead atoms. The number of carbonyl (C=O) groups excluding carboxylic acids is 1. The van der Waals surface area contributed by atoms with Gasteiger partial charge in [0.25, 0.3) is 0 Å². The quantitative estimate of drug-likeness (QED) is 0.253. The summed E-state index contributed by atoms with van der Waals surface area (Å²) in [6.45, 7) is 6.50. The van der Waals surface area contributed by atoms with Crippen LogP contribution >= 0.6 is 0 Å². The van der Waals surface area contributed by atoms with Gasteiger partial charge in [0.2, 0.25) is 0 Å². The van der Waals surface area contributed by atoms with Gasteiger partial charge in [-0.1, -0.05) is 6.07 Å². The Bertz CT molecular complexity index is 1750. The molecule has 2 atom stereocenters. The van der Waals surface area contributed by atoms with Crippen LogP contribution in [0, 0.1) is 5.92 Å². The zero-order valence-electron chi connectivity index (χ0n) is 25.9. The number of carboxylic acid groups (broad SMARTS) is 1. The highest BCUT2D eigenvalue weighted by molar-refractivity contribution is 5.88. The summed E-state index contributed by atoms with van der Waals surface area (Å²) in [4.78, 5) is 37.9. The maximum absolute atomic E-state index is 13.9. The smallest absolute Gasteiger partial charge is 0.416 e. The minimum atomic E-state index is -1.03. The summed E-state index contributed by atoms with van der Waals surface area (Å²) in [5.74, 6) is 1.77. The normalized spacial score (nSPS) is 20.5. The van der Waals surface area contributed by atoms with Gasteiger partial charge in [-0.25, -0.2) is 19.6 Å². The Balaban J connectivity index is 1.24. The molecule has 13 heteroatoms. The lowest BCUT2D eigenvalue weighted by molar-refractivity contribution is 0.0294. The molecular weight excluding hydrogens is 576 g/mol. The molecule has 7 rings (SSSR count). The highest BCUT2D eigenvalue weighted by Crippen LogP contribution is 2.43. The van der Waals surface area contributed by atoms with E-state index in [-0.39, 0.29) is 19.0 Å². The summed E-state index contributed by atoms with van der Waals surface area (Å²) >= 11 is 0. The Morgan fingerprint density at radius 2 is 1.89 bits per heavy atom. The van der Waals surface area contributed by atoms with E-state index in [4.69, 9.17) is 14.7 Å². The minimum absolute atomic E-state index is 0.0712. The van der Waals surface area contributed by atoms with Crippen molar-refractivity contribution in [3.63, 3.8) is 0 Å². The largest absolute Gasteiger partial charge is 0.465 e. The first-order valence-corrected chi connectivity index (χ1v) is 15.8. The number of rotatable bonds is 8. The van der Waals surface area contributed by atoms with Crippen LogP contribution in [0.2, 0.25) is 0 Å². The van der Waals surface area contributed by atoms with E-state index in [1.54, 1.807) is 15.5 Å². The number of amides is 2. The van der Waals surface area contributed by atoms with Crippen LogP contribution in [0.3, 0.4) is 0 Å². The number of carbonyl (C=O) groups is 2. The summed E-state index contributed by atoms with van der Waals surface area (Å²) in [5.41, 5.74) is 3.74. The van der Waals surface area contributed by atoms with Gasteiger partial charge in [-0.3, -0.25) is 4.90 Å². The molecule has 3 aliphatic rings. The number of aliphatic hydroxyl groups is 1. The number of aliphatic hydroxyl groups excluding tert-OH is 1. The lowest BCUT2D eigenvalue weighted by Crippen LogP contribution is -2.47. The highest BCUT2D eigenvalue weighted by atomic mass is 16.6. The number of anilines is 2. The molecule has 1 aliphatic heterocycles. The fraction of sp³-hybridized carbons (Fsp3) is 0.531. The first-order valence-electron chi connectivity index (χ1n) is 15.8. The van der Waals surface area contributed by atoms with E-state index in [1.807, 2.05) is 45.3 Å². The fourth-order valence-corrected chi connectivity index (χ4v) is 6.15. The number of nitrogens with zero attached hydrogens (tertiary/aromatic N) is 7. The number of nitrogens with one attached hydrogen (secondary N) is 1. The van der Waals surface area contributed by atoms with Crippen LogP contribution in [-0.4, -0.2) is 82.6 Å². The number of aromatic nitrogens is 5. The third-order valence-corrected chi connectivity index (χ3v) is 8.81. The summed E-state index contributed by atoms with van der Waals surface area (Å²) in [7, 11) is 0. The Kier molecular flexibility index (Phi) is 7.30. The summed E-state index contributed by atoms with van der Waals surface area (Å²) < 4.78 is 9.73. The van der Waals surface area contributed by atoms with E-state index in [1.165, 1.54) is 23.4 Å². The average molecular weight is 617 g/mol. The molecule has 1 saturated heterocycles. The molecule has 4 aromatic heterocycles. The molecule has 2 saturated carbocycles. The van der Waals surface area contributed by atoms with Crippen molar-refractivity contribution < 1.29 is 24.5 Å². The van der Waals surface area contributed by atoms with Crippen molar-refractivity contribution in [1.82, 2.24) is 28.9 Å². The Labute approximate surface area is 260 Å². The van der Waals surface area contributed by atoms with Gasteiger partial charge in [0.05, 0.1) is 31.1 Å². The van der Waals surface area contributed by atoms with E-state index >= 15 is 0 Å². The molecule has 2 amide bonds. The lowest BCUT2D eigenvalue weighted by Gasteiger charge is -2.34. The fourth-order valence-electron chi connectivity index (χ4n) is 6.15. The van der Waals surface area contributed by atoms with Crippen molar-refractivity contribution in [3.05, 3.63) is 53.6 Å². The maximum Gasteiger partial charge on any atom is 0.416 e. The first kappa shape index (κ1) is 29.3. The van der Waals surface area contributed by atoms with Crippen molar-refractivity contribution in [2.24, 2.45) is 5.92 Å². The minimum Gasteiger partial charge on any atom is -0.465 e. The van der Waals surface area contributed by atoms with Gasteiger partial charge in [0.15, 0.2) is 5.65 Å². The second kappa shape index (κ2) is 11.2. The summed E-state index contributed by atoms with van der Waals surface area (Å²) in [6.07, 6.45) is 6.46. The molecule has 3 fully saturated rings. The van der Waals surface area contributed by atoms with Crippen LogP contribution in [0.4, 0.5) is 21.2 Å². The van der Waals surface area contributed by atoms with Gasteiger partial charge in [-0.05, 0) is 76.8 Å². The molecule has 3 N–H and O–H groups in total. The third-order valence-electron chi connectivity index (χ3n) is 8.81. The second-order valence-electron chi connectivity index (χ2n) is 13.6. The van der Waals surface area contributed by atoms with Gasteiger partial charge >= 0.3 is 12.2 Å². The molecule has 13 nitrogen and oxygen atoms in total. The van der Waals surface area contributed by atoms with Gasteiger partial charge in [-0.15, -0.1) is 0 Å². The van der Waals surface area contributed by atoms with E-state index in [0.29, 0.717) is 48.6 Å². The van der Waals surface area contributed by atoms with Gasteiger partial charge in [0, 0.05) is 42.5 Å². The van der Waals surface area contributed by atoms with Crippen LogP contribution in [0.5, 0.6) is 0 Å². The van der Waals surface area contributed by atoms with Crippen LogP contribution in [0.25, 0.3) is 11.3 Å². The van der Waals surface area contributed by atoms with Gasteiger partial charge in [0.1, 0.15) is 22.9 Å². The molecule has 5 heterocycles. The topological polar surface area (TPSA) is 150 Å². The number of likely N-dealkylation sites (tertiary alicyclic amines) is 1. The van der Waals surface area contributed by atoms with E-state index in [2.05, 4.69) is 20.9 Å². The molecule has 0 radical (unpaired) electrons. The lowest BCUT2D eigenvalue weighted by atomic mass is 9.94. The zero-order chi connectivity index (χ0) is 31.5. The predicted molar refractivity (Wildman–Crippen MR) is 167 cm³/mol. The average Bonchev–Trinajstić information content (AvgIpc) is 3.92. The van der Waals surface area contributed by atoms with E-state index in [0.717, 1.165) is 29.7 Å². The van der Waals surface area contributed by atoms with Crippen molar-refractivity contribution >= 4 is 35.1 Å². The number of piperidine rings is 1. The van der Waals surface area contributed by atoms with Crippen molar-refractivity contribution in [1.29, 1.82) is 0 Å². The van der Waals surface area contributed by atoms with Crippen LogP contribution in [-0.2, 0) is 11.3 Å². The molecular formula is C32H40N8O5. The highest BCUT2D eigenvalue weighted by Gasteiger charge is 2.33. The Hall–Kier alpha value is -4.39. The van der Waals surface area contributed by atoms with Gasteiger partial charge < -0.3 is 29.6 Å². The number of pyridine rings is 1. The Morgan fingerprint density at radius 1 is 1.11 bits per heavy atom. The number of hydrogen-bond donors (Lipinski definition) is 3. The third kappa shape index (κ3) is 6.13. The number of fused-ring (bicyclic) bond motifs is 2. The summed E-state index contributed by atoms with van der Waals surface area (Å²) in [5, 5.41) is 28.1. The molecule has 45 heavy (non-hydrogen) atoms. The SMILES string of the molecule is CC(C)(C)OC(=O)N(Cc1cn2c(C3CC3)cccc2n1)c1cc(NC[C@H]2CCN(C(=O)O)C[C@@H]2O)nc2c(C3CC3)cnn12. The number of ether oxygens (including phenoxy) is 1. The van der Waals surface area contributed by atoms with Gasteiger partial charge in [-0.2, -0.15) is 9.61 Å². The van der Waals surface area contributed by atoms with Crippen molar-refractivity contribution in [3.8, 4) is 0 Å². The van der Waals surface area contributed by atoms with Crippen molar-refractivity contribution in [2.45, 2.75) is 83.0 Å². The molecule has 0 unspecified atom stereocenters. The van der Waals surface area contributed by atoms with E-state index in [9.17, 15) is 19.8 Å². The molecule has 0 spiro atoms. The van der Waals surface area contributed by atoms with Crippen LogP contribution in [0.1, 0.15) is 81.7 Å². The molecule has 2 aliphatic carbocycles. The molecule has 0 aromatic carbocycles. The first-order chi connectivity index (χ1) is 21.5. The predicted octanol–water partition coefficient (Wildman–Crippen LogP) is 4.85. The van der Waals surface area contributed by atoms with Crippen molar-refractivity contribution in [2.75, 3.05) is 29.9 Å². The van der Waals surface area contributed by atoms with Crippen LogP contribution in [0.15, 0.2) is 36.7 Å². The second-order valence-corrected chi connectivity index (χ2v) is 13.6. The van der Waals surface area contributed by atoms with Crippen LogP contribution < -0.4 is 10.2 Å². The maximum atomic E-state index is 13.9. The number of imidazole rings is 1. The summed E-state index contributed by atoms with van der Waals surface area (Å²) in [6, 6.07) is 7.93. The zero-order valence-corrected chi connectivity index (χ0v) is 25.9.